The van der Waals surface area contributed by atoms with Crippen molar-refractivity contribution in [3.63, 3.8) is 0 Å². The molecule has 17 heavy (non-hydrogen) atoms. The van der Waals surface area contributed by atoms with E-state index >= 15 is 0 Å². The third-order valence-electron chi connectivity index (χ3n) is 1.98. The summed E-state index contributed by atoms with van der Waals surface area (Å²) in [5.41, 5.74) is 0.445. The van der Waals surface area contributed by atoms with Crippen LogP contribution in [-0.2, 0) is 4.74 Å². The van der Waals surface area contributed by atoms with Crippen molar-refractivity contribution >= 4 is 11.8 Å². The topological polar surface area (TPSA) is 59.5 Å². The number of hydrogen-bond donors (Lipinski definition) is 0. The molecule has 0 saturated carbocycles. The summed E-state index contributed by atoms with van der Waals surface area (Å²) in [6.45, 7) is 2.27. The highest BCUT2D eigenvalue weighted by Crippen LogP contribution is 2.03. The molecule has 0 aromatic carbocycles. The Balaban J connectivity index is 2.85. The molecule has 0 spiro atoms. The number of carbonyl (C=O) groups excluding carboxylic acids is 2. The third kappa shape index (κ3) is 3.96. The Bertz CT molecular complexity index is 416. The summed E-state index contributed by atoms with van der Waals surface area (Å²) in [6, 6.07) is 4.75. The summed E-state index contributed by atoms with van der Waals surface area (Å²) in [6.07, 6.45) is 0. The monoisotopic (exact) mass is 236 g/mol. The van der Waals surface area contributed by atoms with E-state index in [-0.39, 0.29) is 30.3 Å². The SMILES string of the molecule is CCOC(=O)c1cccc(C(=O)CN(C)C)n1. The first-order valence-electron chi connectivity index (χ1n) is 5.36. The highest BCUT2D eigenvalue weighted by Gasteiger charge is 2.13. The van der Waals surface area contributed by atoms with Crippen molar-refractivity contribution in [3.05, 3.63) is 29.6 Å². The molecule has 1 rings (SSSR count). The second-order valence-electron chi connectivity index (χ2n) is 3.79. The molecular weight excluding hydrogens is 220 g/mol. The Morgan fingerprint density at radius 1 is 1.29 bits per heavy atom. The Morgan fingerprint density at radius 3 is 2.53 bits per heavy atom. The molecule has 0 aliphatic carbocycles. The number of ketones is 1. The van der Waals surface area contributed by atoms with Gasteiger partial charge in [0.1, 0.15) is 11.4 Å². The van der Waals surface area contributed by atoms with Crippen molar-refractivity contribution in [3.8, 4) is 0 Å². The standard InChI is InChI=1S/C12H16N2O3/c1-4-17-12(16)10-7-5-6-9(13-10)11(15)8-14(2)3/h5-7H,4,8H2,1-3H3. The van der Waals surface area contributed by atoms with Crippen LogP contribution in [0.4, 0.5) is 0 Å². The normalized spacial score (nSPS) is 10.4. The summed E-state index contributed by atoms with van der Waals surface area (Å²) < 4.78 is 4.82. The fraction of sp³-hybridized carbons (Fsp3) is 0.417. The molecule has 0 aliphatic rings. The molecule has 0 amide bonds. The van der Waals surface area contributed by atoms with E-state index in [1.807, 2.05) is 0 Å². The fourth-order valence-electron chi connectivity index (χ4n) is 1.28. The molecule has 5 heteroatoms. The summed E-state index contributed by atoms with van der Waals surface area (Å²) >= 11 is 0. The third-order valence-corrected chi connectivity index (χ3v) is 1.98. The maximum absolute atomic E-state index is 11.7. The molecule has 0 bridgehead atoms. The van der Waals surface area contributed by atoms with E-state index in [4.69, 9.17) is 4.74 Å². The minimum Gasteiger partial charge on any atom is -0.461 e. The molecule has 0 aliphatic heterocycles. The van der Waals surface area contributed by atoms with E-state index in [1.165, 1.54) is 6.07 Å². The largest absolute Gasteiger partial charge is 0.461 e. The molecule has 0 unspecified atom stereocenters. The zero-order valence-electron chi connectivity index (χ0n) is 10.3. The van der Waals surface area contributed by atoms with Gasteiger partial charge in [0.15, 0.2) is 5.78 Å². The first kappa shape index (κ1) is 13.3. The van der Waals surface area contributed by atoms with E-state index in [1.54, 1.807) is 38.1 Å². The number of aromatic nitrogens is 1. The zero-order valence-corrected chi connectivity index (χ0v) is 10.3. The number of esters is 1. The number of rotatable bonds is 5. The summed E-state index contributed by atoms with van der Waals surface area (Å²) in [5.74, 6) is -0.631. The van der Waals surface area contributed by atoms with E-state index < -0.39 is 5.97 Å². The first-order chi connectivity index (χ1) is 8.04. The van der Waals surface area contributed by atoms with Gasteiger partial charge in [-0.1, -0.05) is 6.07 Å². The van der Waals surface area contributed by atoms with Gasteiger partial charge in [0.05, 0.1) is 13.2 Å². The van der Waals surface area contributed by atoms with Gasteiger partial charge in [-0.2, -0.15) is 0 Å². The van der Waals surface area contributed by atoms with Gasteiger partial charge < -0.3 is 9.64 Å². The quantitative estimate of drug-likeness (QED) is 0.564. The average Bonchev–Trinajstić information content (AvgIpc) is 2.28. The first-order valence-corrected chi connectivity index (χ1v) is 5.36. The van der Waals surface area contributed by atoms with Crippen molar-refractivity contribution in [2.75, 3.05) is 27.2 Å². The fourth-order valence-corrected chi connectivity index (χ4v) is 1.28. The van der Waals surface area contributed by atoms with Crippen LogP contribution in [-0.4, -0.2) is 48.9 Å². The predicted molar refractivity (Wildman–Crippen MR) is 63.1 cm³/mol. The van der Waals surface area contributed by atoms with Crippen LogP contribution < -0.4 is 0 Å². The van der Waals surface area contributed by atoms with E-state index in [0.717, 1.165) is 0 Å². The van der Waals surface area contributed by atoms with Gasteiger partial charge in [0.2, 0.25) is 0 Å². The second-order valence-corrected chi connectivity index (χ2v) is 3.79. The van der Waals surface area contributed by atoms with Gasteiger partial charge in [0, 0.05) is 0 Å². The van der Waals surface area contributed by atoms with Crippen LogP contribution in [0.3, 0.4) is 0 Å². The lowest BCUT2D eigenvalue weighted by Gasteiger charge is -2.08. The molecule has 1 heterocycles. The van der Waals surface area contributed by atoms with E-state index in [0.29, 0.717) is 0 Å². The lowest BCUT2D eigenvalue weighted by atomic mass is 10.2. The number of carbonyl (C=O) groups is 2. The van der Waals surface area contributed by atoms with E-state index in [2.05, 4.69) is 4.98 Å². The van der Waals surface area contributed by atoms with Crippen molar-refractivity contribution in [2.24, 2.45) is 0 Å². The van der Waals surface area contributed by atoms with Gasteiger partial charge in [-0.05, 0) is 33.2 Å². The molecule has 0 atom stereocenters. The Hall–Kier alpha value is -1.75. The van der Waals surface area contributed by atoms with Gasteiger partial charge in [-0.15, -0.1) is 0 Å². The average molecular weight is 236 g/mol. The van der Waals surface area contributed by atoms with Gasteiger partial charge in [-0.3, -0.25) is 4.79 Å². The maximum Gasteiger partial charge on any atom is 0.356 e. The van der Waals surface area contributed by atoms with Crippen LogP contribution in [0.1, 0.15) is 27.9 Å². The molecule has 0 N–H and O–H groups in total. The van der Waals surface area contributed by atoms with Crippen molar-refractivity contribution < 1.29 is 14.3 Å². The molecular formula is C12H16N2O3. The number of pyridine rings is 1. The van der Waals surface area contributed by atoms with Crippen molar-refractivity contribution in [2.45, 2.75) is 6.92 Å². The number of ether oxygens (including phenoxy) is 1. The van der Waals surface area contributed by atoms with Crippen molar-refractivity contribution in [1.82, 2.24) is 9.88 Å². The summed E-state index contributed by atoms with van der Waals surface area (Å²) in [4.78, 5) is 28.9. The molecule has 0 fully saturated rings. The number of hydrogen-bond acceptors (Lipinski definition) is 5. The molecule has 0 radical (unpaired) electrons. The van der Waals surface area contributed by atoms with Gasteiger partial charge in [0.25, 0.3) is 0 Å². The smallest absolute Gasteiger partial charge is 0.356 e. The Morgan fingerprint density at radius 2 is 1.94 bits per heavy atom. The predicted octanol–water partition coefficient (Wildman–Crippen LogP) is 1.00. The van der Waals surface area contributed by atoms with Crippen LogP contribution >= 0.6 is 0 Å². The minimum atomic E-state index is -0.507. The van der Waals surface area contributed by atoms with Crippen LogP contribution in [0.25, 0.3) is 0 Å². The number of Topliss-reactive ketones (excluding diaryl/α,β-unsaturated/α-hetero) is 1. The van der Waals surface area contributed by atoms with Crippen LogP contribution in [0.15, 0.2) is 18.2 Å². The molecule has 0 saturated heterocycles. The lowest BCUT2D eigenvalue weighted by Crippen LogP contribution is -2.23. The molecule has 1 aromatic heterocycles. The molecule has 1 aromatic rings. The second kappa shape index (κ2) is 6.10. The van der Waals surface area contributed by atoms with Gasteiger partial charge >= 0.3 is 5.97 Å². The highest BCUT2D eigenvalue weighted by atomic mass is 16.5. The van der Waals surface area contributed by atoms with Gasteiger partial charge in [-0.25, -0.2) is 9.78 Å². The summed E-state index contributed by atoms with van der Waals surface area (Å²) in [5, 5.41) is 0. The van der Waals surface area contributed by atoms with Crippen LogP contribution in [0.2, 0.25) is 0 Å². The zero-order chi connectivity index (χ0) is 12.8. The Labute approximate surface area is 100 Å². The summed E-state index contributed by atoms with van der Waals surface area (Å²) in [7, 11) is 3.60. The van der Waals surface area contributed by atoms with E-state index in [9.17, 15) is 9.59 Å². The van der Waals surface area contributed by atoms with Crippen LogP contribution in [0.5, 0.6) is 0 Å². The Kier molecular flexibility index (Phi) is 4.78. The molecule has 5 nitrogen and oxygen atoms in total. The minimum absolute atomic E-state index is 0.124. The van der Waals surface area contributed by atoms with Crippen LogP contribution in [0, 0.1) is 0 Å². The highest BCUT2D eigenvalue weighted by molar-refractivity contribution is 5.97. The van der Waals surface area contributed by atoms with Crippen molar-refractivity contribution in [1.29, 1.82) is 0 Å². The number of nitrogens with zero attached hydrogens (tertiary/aromatic N) is 2. The number of likely N-dealkylation sites (N-methyl/N-ethyl adjacent to an activating group) is 1. The lowest BCUT2D eigenvalue weighted by molar-refractivity contribution is 0.0519. The maximum atomic E-state index is 11.7. The molecule has 92 valence electrons.